The molecule has 0 aliphatic carbocycles. The van der Waals surface area contributed by atoms with Crippen molar-refractivity contribution in [1.29, 1.82) is 0 Å². The van der Waals surface area contributed by atoms with Gasteiger partial charge >= 0.3 is 0 Å². The van der Waals surface area contributed by atoms with E-state index in [0.29, 0.717) is 41.6 Å². The van der Waals surface area contributed by atoms with Gasteiger partial charge in [-0.15, -0.1) is 0 Å². The number of para-hydroxylation sites is 1. The van der Waals surface area contributed by atoms with Gasteiger partial charge in [0.2, 0.25) is 0 Å². The van der Waals surface area contributed by atoms with E-state index in [1.54, 1.807) is 35.8 Å². The van der Waals surface area contributed by atoms with Gasteiger partial charge in [-0.3, -0.25) is 4.79 Å². The maximum absolute atomic E-state index is 13.7. The number of nitrogens with zero attached hydrogens (tertiary/aromatic N) is 2. The van der Waals surface area contributed by atoms with Gasteiger partial charge in [-0.25, -0.2) is 4.98 Å². The molecule has 1 aromatic carbocycles. The monoisotopic (exact) mass is 398 g/mol. The second-order valence-corrected chi connectivity index (χ2v) is 6.87. The quantitative estimate of drug-likeness (QED) is 0.376. The minimum absolute atomic E-state index is 0.144. The van der Waals surface area contributed by atoms with Crippen LogP contribution in [0.15, 0.2) is 98.8 Å². The molecule has 0 aliphatic heterocycles. The number of rotatable bonds is 6. The number of pyridine rings is 1. The molecule has 4 aromatic heterocycles. The summed E-state index contributed by atoms with van der Waals surface area (Å²) in [6.45, 7) is 0.637. The number of aromatic nitrogens is 1. The molecule has 0 atom stereocenters. The van der Waals surface area contributed by atoms with Gasteiger partial charge in [-0.2, -0.15) is 0 Å². The SMILES string of the molecule is O=C(c1cc(-c2ccco2)nc2ccccc12)N(Cc1ccco1)Cc1ccco1. The second kappa shape index (κ2) is 7.75. The van der Waals surface area contributed by atoms with Crippen molar-refractivity contribution >= 4 is 16.8 Å². The van der Waals surface area contributed by atoms with Gasteiger partial charge in [-0.05, 0) is 48.5 Å². The van der Waals surface area contributed by atoms with Crippen LogP contribution in [0.5, 0.6) is 0 Å². The van der Waals surface area contributed by atoms with Crippen LogP contribution in [0, 0.1) is 0 Å². The van der Waals surface area contributed by atoms with Crippen molar-refractivity contribution in [3.05, 3.63) is 103 Å². The molecule has 0 saturated carbocycles. The molecule has 0 spiro atoms. The zero-order chi connectivity index (χ0) is 20.3. The lowest BCUT2D eigenvalue weighted by atomic mass is 10.1. The first kappa shape index (κ1) is 18.0. The number of benzene rings is 1. The number of fused-ring (bicyclic) bond motifs is 1. The fourth-order valence-electron chi connectivity index (χ4n) is 3.45. The lowest BCUT2D eigenvalue weighted by Crippen LogP contribution is -2.30. The smallest absolute Gasteiger partial charge is 0.255 e. The predicted octanol–water partition coefficient (Wildman–Crippen LogP) is 5.52. The lowest BCUT2D eigenvalue weighted by Gasteiger charge is -2.22. The fourth-order valence-corrected chi connectivity index (χ4v) is 3.45. The highest BCUT2D eigenvalue weighted by Crippen LogP contribution is 2.27. The molecule has 0 N–H and O–H groups in total. The maximum atomic E-state index is 13.7. The predicted molar refractivity (Wildman–Crippen MR) is 110 cm³/mol. The molecule has 30 heavy (non-hydrogen) atoms. The number of hydrogen-bond donors (Lipinski definition) is 0. The zero-order valence-electron chi connectivity index (χ0n) is 16.0. The van der Waals surface area contributed by atoms with Crippen LogP contribution in [0.3, 0.4) is 0 Å². The van der Waals surface area contributed by atoms with E-state index in [0.717, 1.165) is 10.9 Å². The Morgan fingerprint density at radius 1 is 0.800 bits per heavy atom. The number of carbonyl (C=O) groups is 1. The molecular weight excluding hydrogens is 380 g/mol. The van der Waals surface area contributed by atoms with Crippen molar-refractivity contribution in [3.63, 3.8) is 0 Å². The molecule has 0 bridgehead atoms. The number of carbonyl (C=O) groups excluding carboxylic acids is 1. The van der Waals surface area contributed by atoms with Gasteiger partial charge < -0.3 is 18.2 Å². The van der Waals surface area contributed by atoms with E-state index in [1.165, 1.54) is 0 Å². The van der Waals surface area contributed by atoms with Crippen molar-refractivity contribution in [2.24, 2.45) is 0 Å². The largest absolute Gasteiger partial charge is 0.467 e. The molecule has 0 radical (unpaired) electrons. The number of furan rings is 3. The molecule has 1 amide bonds. The molecule has 6 heteroatoms. The Bertz CT molecular complexity index is 1220. The Labute approximate surface area is 172 Å². The summed E-state index contributed by atoms with van der Waals surface area (Å²) in [6.07, 6.45) is 4.79. The molecule has 4 heterocycles. The summed E-state index contributed by atoms with van der Waals surface area (Å²) in [5, 5.41) is 0.779. The third kappa shape index (κ3) is 3.51. The Morgan fingerprint density at radius 3 is 2.10 bits per heavy atom. The van der Waals surface area contributed by atoms with E-state index in [4.69, 9.17) is 13.3 Å². The molecule has 148 valence electrons. The maximum Gasteiger partial charge on any atom is 0.255 e. The third-order valence-corrected chi connectivity index (χ3v) is 4.86. The van der Waals surface area contributed by atoms with Crippen LogP contribution in [0.25, 0.3) is 22.4 Å². The summed E-state index contributed by atoms with van der Waals surface area (Å²) in [6, 6.07) is 20.3. The van der Waals surface area contributed by atoms with Crippen molar-refractivity contribution in [2.75, 3.05) is 0 Å². The topological polar surface area (TPSA) is 72.6 Å². The van der Waals surface area contributed by atoms with Gasteiger partial charge in [0.15, 0.2) is 5.76 Å². The molecule has 0 saturated heterocycles. The zero-order valence-corrected chi connectivity index (χ0v) is 16.0. The van der Waals surface area contributed by atoms with E-state index < -0.39 is 0 Å². The number of amides is 1. The minimum Gasteiger partial charge on any atom is -0.467 e. The highest BCUT2D eigenvalue weighted by Gasteiger charge is 2.22. The highest BCUT2D eigenvalue weighted by molar-refractivity contribution is 6.07. The van der Waals surface area contributed by atoms with Gasteiger partial charge in [0.05, 0.1) is 43.0 Å². The second-order valence-electron chi connectivity index (χ2n) is 6.87. The molecule has 6 nitrogen and oxygen atoms in total. The summed E-state index contributed by atoms with van der Waals surface area (Å²) in [7, 11) is 0. The lowest BCUT2D eigenvalue weighted by molar-refractivity contribution is 0.0707. The van der Waals surface area contributed by atoms with Crippen molar-refractivity contribution in [2.45, 2.75) is 13.1 Å². The van der Waals surface area contributed by atoms with E-state index in [9.17, 15) is 4.79 Å². The van der Waals surface area contributed by atoms with Crippen molar-refractivity contribution in [3.8, 4) is 11.5 Å². The minimum atomic E-state index is -0.144. The Balaban J connectivity index is 1.59. The van der Waals surface area contributed by atoms with Crippen LogP contribution < -0.4 is 0 Å². The Hall–Kier alpha value is -4.06. The molecule has 0 unspecified atom stereocenters. The first-order valence-corrected chi connectivity index (χ1v) is 9.55. The summed E-state index contributed by atoms with van der Waals surface area (Å²) < 4.78 is 16.5. The van der Waals surface area contributed by atoms with Crippen molar-refractivity contribution in [1.82, 2.24) is 9.88 Å². The van der Waals surface area contributed by atoms with Gasteiger partial charge in [-0.1, -0.05) is 18.2 Å². The van der Waals surface area contributed by atoms with Crippen LogP contribution in [-0.4, -0.2) is 15.8 Å². The molecule has 0 fully saturated rings. The van der Waals surface area contributed by atoms with Gasteiger partial charge in [0.25, 0.3) is 5.91 Å². The summed E-state index contributed by atoms with van der Waals surface area (Å²) in [5.41, 5.74) is 1.88. The standard InChI is InChI=1S/C24H18N2O4/c27-24(26(15-17-6-3-11-28-17)16-18-7-4-12-29-18)20-14-22(23-10-5-13-30-23)25-21-9-2-1-8-19(20)21/h1-14H,15-16H2. The fraction of sp³-hybridized carbons (Fsp3) is 0.0833. The van der Waals surface area contributed by atoms with Crippen LogP contribution in [0.1, 0.15) is 21.9 Å². The Kier molecular flexibility index (Phi) is 4.65. The molecule has 5 aromatic rings. The third-order valence-electron chi connectivity index (χ3n) is 4.86. The van der Waals surface area contributed by atoms with Crippen LogP contribution >= 0.6 is 0 Å². The average Bonchev–Trinajstić information content (AvgIpc) is 3.56. The van der Waals surface area contributed by atoms with E-state index in [2.05, 4.69) is 4.98 Å². The van der Waals surface area contributed by atoms with Gasteiger partial charge in [0, 0.05) is 5.39 Å². The van der Waals surface area contributed by atoms with E-state index in [-0.39, 0.29) is 5.91 Å². The molecule has 5 rings (SSSR count). The Morgan fingerprint density at radius 2 is 1.47 bits per heavy atom. The van der Waals surface area contributed by atoms with Crippen molar-refractivity contribution < 1.29 is 18.0 Å². The van der Waals surface area contributed by atoms with Crippen LogP contribution in [-0.2, 0) is 13.1 Å². The van der Waals surface area contributed by atoms with Crippen LogP contribution in [0.2, 0.25) is 0 Å². The summed E-state index contributed by atoms with van der Waals surface area (Å²) in [4.78, 5) is 20.1. The van der Waals surface area contributed by atoms with Gasteiger partial charge in [0.1, 0.15) is 17.2 Å². The first-order chi connectivity index (χ1) is 14.8. The average molecular weight is 398 g/mol. The summed E-state index contributed by atoms with van der Waals surface area (Å²) in [5.74, 6) is 1.85. The van der Waals surface area contributed by atoms with Crippen LogP contribution in [0.4, 0.5) is 0 Å². The number of hydrogen-bond acceptors (Lipinski definition) is 5. The van der Waals surface area contributed by atoms with E-state index >= 15 is 0 Å². The first-order valence-electron chi connectivity index (χ1n) is 9.55. The molecular formula is C24H18N2O4. The van der Waals surface area contributed by atoms with E-state index in [1.807, 2.05) is 54.6 Å². The molecule has 0 aliphatic rings. The normalized spacial score (nSPS) is 11.1. The summed E-state index contributed by atoms with van der Waals surface area (Å²) >= 11 is 0. The highest BCUT2D eigenvalue weighted by atomic mass is 16.3.